The van der Waals surface area contributed by atoms with Crippen molar-refractivity contribution in [2.45, 2.75) is 20.8 Å². The van der Waals surface area contributed by atoms with E-state index < -0.39 is 0 Å². The molecule has 70 valence electrons. The second-order valence-corrected chi connectivity index (χ2v) is 3.84. The molecule has 0 heterocycles. The van der Waals surface area contributed by atoms with E-state index in [2.05, 4.69) is 0 Å². The van der Waals surface area contributed by atoms with E-state index in [1.807, 2.05) is 13.8 Å². The summed E-state index contributed by atoms with van der Waals surface area (Å²) in [5, 5.41) is 1.08. The molecular formula is C10H10Cl2O. The molecule has 0 aliphatic heterocycles. The number of Topliss-reactive ketones (excluding diaryl/α,β-unsaturated/α-hetero) is 1. The number of halogens is 2. The molecular weight excluding hydrogens is 207 g/mol. The molecule has 0 saturated heterocycles. The zero-order valence-electron chi connectivity index (χ0n) is 7.74. The van der Waals surface area contributed by atoms with Gasteiger partial charge in [-0.25, -0.2) is 0 Å². The third-order valence-electron chi connectivity index (χ3n) is 2.07. The fraction of sp³-hybridized carbons (Fsp3) is 0.300. The molecule has 3 heteroatoms. The van der Waals surface area contributed by atoms with Crippen molar-refractivity contribution in [1.82, 2.24) is 0 Å². The van der Waals surface area contributed by atoms with Gasteiger partial charge in [-0.05, 0) is 38.0 Å². The Morgan fingerprint density at radius 3 is 1.85 bits per heavy atom. The number of carbonyl (C=O) groups excluding carboxylic acids is 1. The van der Waals surface area contributed by atoms with E-state index in [4.69, 9.17) is 23.2 Å². The highest BCUT2D eigenvalue weighted by molar-refractivity contribution is 6.36. The van der Waals surface area contributed by atoms with Crippen LogP contribution in [0.5, 0.6) is 0 Å². The first kappa shape index (κ1) is 10.6. The van der Waals surface area contributed by atoms with Crippen molar-refractivity contribution in [1.29, 1.82) is 0 Å². The Hall–Kier alpha value is -0.530. The zero-order valence-corrected chi connectivity index (χ0v) is 9.25. The Kier molecular flexibility index (Phi) is 2.99. The minimum atomic E-state index is -0.000556. The Bertz CT molecular complexity index is 343. The van der Waals surface area contributed by atoms with Gasteiger partial charge in [-0.1, -0.05) is 23.2 Å². The van der Waals surface area contributed by atoms with Crippen molar-refractivity contribution in [3.8, 4) is 0 Å². The summed E-state index contributed by atoms with van der Waals surface area (Å²) in [5.41, 5.74) is 2.24. The monoisotopic (exact) mass is 216 g/mol. The molecule has 0 radical (unpaired) electrons. The molecule has 0 amide bonds. The van der Waals surface area contributed by atoms with Gasteiger partial charge in [-0.2, -0.15) is 0 Å². The van der Waals surface area contributed by atoms with Gasteiger partial charge in [0.2, 0.25) is 0 Å². The molecule has 0 aromatic heterocycles. The van der Waals surface area contributed by atoms with Crippen molar-refractivity contribution in [2.24, 2.45) is 0 Å². The molecule has 13 heavy (non-hydrogen) atoms. The van der Waals surface area contributed by atoms with Crippen LogP contribution >= 0.6 is 23.2 Å². The van der Waals surface area contributed by atoms with Crippen LogP contribution in [0.25, 0.3) is 0 Å². The third kappa shape index (κ3) is 1.87. The second-order valence-electron chi connectivity index (χ2n) is 3.02. The molecule has 1 aromatic carbocycles. The zero-order chi connectivity index (χ0) is 10.2. The highest BCUT2D eigenvalue weighted by Crippen LogP contribution is 2.29. The average Bonchev–Trinajstić information content (AvgIpc) is 2.01. The Balaban J connectivity index is 3.56. The van der Waals surface area contributed by atoms with Gasteiger partial charge in [-0.3, -0.25) is 4.79 Å². The molecule has 1 aromatic rings. The number of carbonyl (C=O) groups is 1. The fourth-order valence-corrected chi connectivity index (χ4v) is 1.84. The number of rotatable bonds is 1. The van der Waals surface area contributed by atoms with Gasteiger partial charge in [0.1, 0.15) is 0 Å². The van der Waals surface area contributed by atoms with Crippen LogP contribution in [-0.2, 0) is 0 Å². The summed E-state index contributed by atoms with van der Waals surface area (Å²) < 4.78 is 0. The van der Waals surface area contributed by atoms with Crippen LogP contribution in [0, 0.1) is 13.8 Å². The molecule has 0 atom stereocenters. The predicted octanol–water partition coefficient (Wildman–Crippen LogP) is 3.81. The van der Waals surface area contributed by atoms with Crippen LogP contribution in [0.4, 0.5) is 0 Å². The summed E-state index contributed by atoms with van der Waals surface area (Å²) in [6.07, 6.45) is 0. The number of hydrogen-bond acceptors (Lipinski definition) is 1. The van der Waals surface area contributed by atoms with Gasteiger partial charge in [0.25, 0.3) is 0 Å². The van der Waals surface area contributed by atoms with Crippen LogP contribution < -0.4 is 0 Å². The maximum absolute atomic E-state index is 11.3. The van der Waals surface area contributed by atoms with Gasteiger partial charge in [-0.15, -0.1) is 0 Å². The molecule has 0 spiro atoms. The summed E-state index contributed by atoms with van der Waals surface area (Å²) in [7, 11) is 0. The van der Waals surface area contributed by atoms with Gasteiger partial charge >= 0.3 is 0 Å². The Morgan fingerprint density at radius 1 is 1.15 bits per heavy atom. The fourth-order valence-electron chi connectivity index (χ4n) is 1.38. The Labute approximate surface area is 87.7 Å². The standard InChI is InChI=1S/C10H10Cl2O/c1-5-8(11)4-9(12)6(2)10(5)7(3)13/h4H,1-3H3. The quantitative estimate of drug-likeness (QED) is 0.653. The summed E-state index contributed by atoms with van der Waals surface area (Å²) in [5.74, 6) is -0.000556. The minimum Gasteiger partial charge on any atom is -0.294 e. The van der Waals surface area contributed by atoms with E-state index in [0.717, 1.165) is 11.1 Å². The van der Waals surface area contributed by atoms with E-state index in [1.165, 1.54) is 6.92 Å². The second kappa shape index (κ2) is 3.69. The van der Waals surface area contributed by atoms with Crippen LogP contribution in [-0.4, -0.2) is 5.78 Å². The van der Waals surface area contributed by atoms with Crippen molar-refractivity contribution in [3.63, 3.8) is 0 Å². The summed E-state index contributed by atoms with van der Waals surface area (Å²) in [6.45, 7) is 5.16. The lowest BCUT2D eigenvalue weighted by atomic mass is 10.00. The molecule has 0 aliphatic carbocycles. The van der Waals surface area contributed by atoms with Crippen LogP contribution in [0.2, 0.25) is 10.0 Å². The smallest absolute Gasteiger partial charge is 0.160 e. The lowest BCUT2D eigenvalue weighted by Crippen LogP contribution is -2.01. The van der Waals surface area contributed by atoms with Crippen molar-refractivity contribution >= 4 is 29.0 Å². The van der Waals surface area contributed by atoms with Gasteiger partial charge in [0, 0.05) is 15.6 Å². The predicted molar refractivity (Wildman–Crippen MR) is 55.9 cm³/mol. The van der Waals surface area contributed by atoms with Gasteiger partial charge in [0.05, 0.1) is 0 Å². The SMILES string of the molecule is CC(=O)c1c(C)c(Cl)cc(Cl)c1C. The maximum Gasteiger partial charge on any atom is 0.160 e. The van der Waals surface area contributed by atoms with E-state index in [9.17, 15) is 4.79 Å². The molecule has 0 unspecified atom stereocenters. The normalized spacial score (nSPS) is 10.2. The third-order valence-corrected chi connectivity index (χ3v) is 2.86. The average molecular weight is 217 g/mol. The lowest BCUT2D eigenvalue weighted by Gasteiger charge is -2.09. The molecule has 0 aliphatic rings. The first-order chi connectivity index (χ1) is 5.95. The highest BCUT2D eigenvalue weighted by atomic mass is 35.5. The van der Waals surface area contributed by atoms with E-state index >= 15 is 0 Å². The molecule has 0 N–H and O–H groups in total. The highest BCUT2D eigenvalue weighted by Gasteiger charge is 2.13. The van der Waals surface area contributed by atoms with Gasteiger partial charge in [0.15, 0.2) is 5.78 Å². The first-order valence-electron chi connectivity index (χ1n) is 3.91. The van der Waals surface area contributed by atoms with Crippen LogP contribution in [0.1, 0.15) is 28.4 Å². The van der Waals surface area contributed by atoms with Crippen molar-refractivity contribution in [3.05, 3.63) is 32.8 Å². The Morgan fingerprint density at radius 2 is 1.54 bits per heavy atom. The summed E-state index contributed by atoms with van der Waals surface area (Å²) >= 11 is 11.8. The molecule has 0 bridgehead atoms. The maximum atomic E-state index is 11.3. The van der Waals surface area contributed by atoms with Crippen molar-refractivity contribution in [2.75, 3.05) is 0 Å². The molecule has 1 rings (SSSR count). The summed E-state index contributed by atoms with van der Waals surface area (Å²) in [4.78, 5) is 11.3. The minimum absolute atomic E-state index is 0.000556. The molecule has 1 nitrogen and oxygen atoms in total. The lowest BCUT2D eigenvalue weighted by molar-refractivity contribution is 0.101. The first-order valence-corrected chi connectivity index (χ1v) is 4.67. The number of hydrogen-bond donors (Lipinski definition) is 0. The van der Waals surface area contributed by atoms with E-state index in [1.54, 1.807) is 6.07 Å². The number of benzene rings is 1. The molecule has 0 fully saturated rings. The van der Waals surface area contributed by atoms with Crippen molar-refractivity contribution < 1.29 is 4.79 Å². The largest absolute Gasteiger partial charge is 0.294 e. The number of ketones is 1. The van der Waals surface area contributed by atoms with Gasteiger partial charge < -0.3 is 0 Å². The van der Waals surface area contributed by atoms with Crippen LogP contribution in [0.3, 0.4) is 0 Å². The van der Waals surface area contributed by atoms with Crippen LogP contribution in [0.15, 0.2) is 6.07 Å². The summed E-state index contributed by atoms with van der Waals surface area (Å²) in [6, 6.07) is 1.67. The topological polar surface area (TPSA) is 17.1 Å². The molecule has 0 saturated carbocycles. The van der Waals surface area contributed by atoms with E-state index in [0.29, 0.717) is 15.6 Å². The van der Waals surface area contributed by atoms with E-state index in [-0.39, 0.29) is 5.78 Å².